The highest BCUT2D eigenvalue weighted by Gasteiger charge is 2.22. The smallest absolute Gasteiger partial charge is 0.286 e. The molecule has 1 atom stereocenters. The number of nitrogens with zero attached hydrogens (tertiary/aromatic N) is 2. The van der Waals surface area contributed by atoms with Crippen LogP contribution in [-0.4, -0.2) is 42.0 Å². The maximum atomic E-state index is 5.94. The van der Waals surface area contributed by atoms with Crippen molar-refractivity contribution in [1.29, 1.82) is 0 Å². The van der Waals surface area contributed by atoms with Crippen LogP contribution in [-0.2, 0) is 0 Å². The quantitative estimate of drug-likeness (QED) is 0.230. The molecule has 1 unspecified atom stereocenters. The zero-order chi connectivity index (χ0) is 6.85. The fourth-order valence-corrected chi connectivity index (χ4v) is 1.15. The van der Waals surface area contributed by atoms with Crippen molar-refractivity contribution in [3.8, 4) is 0 Å². The molecule has 0 aliphatic carbocycles. The van der Waals surface area contributed by atoms with Gasteiger partial charge in [-0.3, -0.25) is 0 Å². The molecule has 0 N–H and O–H groups in total. The molecule has 10 heavy (non-hydrogen) atoms. The second-order valence-corrected chi connectivity index (χ2v) is 2.82. The average molecular weight is 183 g/mol. The Morgan fingerprint density at radius 3 is 2.70 bits per heavy atom. The Labute approximate surface area is 72.9 Å². The summed E-state index contributed by atoms with van der Waals surface area (Å²) in [5.41, 5.74) is 0.0544. The van der Waals surface area contributed by atoms with Crippen molar-refractivity contribution in [2.45, 2.75) is 12.0 Å². The number of halogens is 2. The molecule has 1 heterocycles. The summed E-state index contributed by atoms with van der Waals surface area (Å²) in [5, 5.41) is 0. The highest BCUT2D eigenvalue weighted by molar-refractivity contribution is 6.19. The molecule has 60 valence electrons. The molecule has 0 spiro atoms. The zero-order valence-electron chi connectivity index (χ0n) is 6.22. The fraction of sp³-hybridized carbons (Fsp3) is 0.833. The van der Waals surface area contributed by atoms with Crippen molar-refractivity contribution in [2.75, 3.05) is 20.6 Å². The maximum Gasteiger partial charge on any atom is 0.286 e. The largest absolute Gasteiger partial charge is 1.00 e. The second-order valence-electron chi connectivity index (χ2n) is 2.43. The minimum Gasteiger partial charge on any atom is -1.00 e. The van der Waals surface area contributed by atoms with E-state index < -0.39 is 0 Å². The molecule has 4 heteroatoms. The number of hydrogen-bond donors (Lipinski definition) is 0. The van der Waals surface area contributed by atoms with Crippen LogP contribution in [0, 0.1) is 0 Å². The zero-order valence-corrected chi connectivity index (χ0v) is 7.73. The Morgan fingerprint density at radius 2 is 2.30 bits per heavy atom. The van der Waals surface area contributed by atoms with Crippen LogP contribution in [0.3, 0.4) is 0 Å². The molecule has 0 aromatic rings. The van der Waals surface area contributed by atoms with Gasteiger partial charge in [0.05, 0.1) is 0 Å². The Balaban J connectivity index is 0.000000810. The van der Waals surface area contributed by atoms with Gasteiger partial charge in [0, 0.05) is 13.0 Å². The van der Waals surface area contributed by atoms with Crippen molar-refractivity contribution >= 4 is 17.8 Å². The Kier molecular flexibility index (Phi) is 4.25. The van der Waals surface area contributed by atoms with Crippen molar-refractivity contribution < 1.29 is 17.0 Å². The molecule has 0 radical (unpaired) electrons. The van der Waals surface area contributed by atoms with Gasteiger partial charge in [0.15, 0.2) is 0 Å². The van der Waals surface area contributed by atoms with Crippen LogP contribution >= 0.6 is 11.6 Å². The number of hydrogen-bond acceptors (Lipinski definition) is 1. The van der Waals surface area contributed by atoms with E-state index in [0.717, 1.165) is 13.0 Å². The van der Waals surface area contributed by atoms with Crippen molar-refractivity contribution in [1.82, 2.24) is 4.90 Å². The predicted molar refractivity (Wildman–Crippen MR) is 39.1 cm³/mol. The lowest BCUT2D eigenvalue weighted by atomic mass is 10.4. The highest BCUT2D eigenvalue weighted by atomic mass is 35.5. The summed E-state index contributed by atoms with van der Waals surface area (Å²) in [6.07, 6.45) is 3.23. The standard InChI is InChI=1S/C6H12ClN2.ClH/c1-8-4-3-5-9(2)6(8)7;/h4,6H,3,5H2,1-2H3;1H/q+1;/p-1. The van der Waals surface area contributed by atoms with Crippen LogP contribution in [0.2, 0.25) is 0 Å². The molecular formula is C6H12Cl2N2. The van der Waals surface area contributed by atoms with E-state index in [4.69, 9.17) is 11.6 Å². The first-order valence-electron chi connectivity index (χ1n) is 3.11. The van der Waals surface area contributed by atoms with Gasteiger partial charge in [-0.15, -0.1) is 0 Å². The van der Waals surface area contributed by atoms with Gasteiger partial charge in [0.2, 0.25) is 0 Å². The highest BCUT2D eigenvalue weighted by Crippen LogP contribution is 2.05. The Hall–Kier alpha value is 0.210. The summed E-state index contributed by atoms with van der Waals surface area (Å²) >= 11 is 5.94. The van der Waals surface area contributed by atoms with Crippen molar-refractivity contribution in [3.05, 3.63) is 0 Å². The molecule has 0 saturated heterocycles. The van der Waals surface area contributed by atoms with Gasteiger partial charge in [-0.1, -0.05) is 0 Å². The predicted octanol–water partition coefficient (Wildman–Crippen LogP) is -2.44. The van der Waals surface area contributed by atoms with Crippen molar-refractivity contribution in [3.63, 3.8) is 0 Å². The van der Waals surface area contributed by atoms with Crippen LogP contribution in [0.15, 0.2) is 0 Å². The van der Waals surface area contributed by atoms with Crippen LogP contribution in [0.1, 0.15) is 6.42 Å². The summed E-state index contributed by atoms with van der Waals surface area (Å²) in [6, 6.07) is 0. The second kappa shape index (κ2) is 4.16. The summed E-state index contributed by atoms with van der Waals surface area (Å²) in [5.74, 6) is 0. The lowest BCUT2D eigenvalue weighted by Crippen LogP contribution is -3.00. The number of alkyl halides is 1. The van der Waals surface area contributed by atoms with Crippen LogP contribution in [0.5, 0.6) is 0 Å². The van der Waals surface area contributed by atoms with E-state index in [-0.39, 0.29) is 18.0 Å². The first kappa shape index (κ1) is 10.2. The molecule has 1 rings (SSSR count). The molecule has 1 aliphatic rings. The van der Waals surface area contributed by atoms with Gasteiger partial charge in [-0.25, -0.2) is 9.48 Å². The van der Waals surface area contributed by atoms with Crippen LogP contribution < -0.4 is 12.4 Å². The van der Waals surface area contributed by atoms with E-state index in [1.807, 2.05) is 18.7 Å². The van der Waals surface area contributed by atoms with Gasteiger partial charge in [-0.05, 0) is 18.6 Å². The molecule has 0 saturated carbocycles. The van der Waals surface area contributed by atoms with E-state index in [0.29, 0.717) is 0 Å². The van der Waals surface area contributed by atoms with E-state index >= 15 is 0 Å². The molecule has 0 bridgehead atoms. The first-order valence-corrected chi connectivity index (χ1v) is 3.55. The molecule has 0 amide bonds. The first-order chi connectivity index (χ1) is 4.22. The molecule has 0 aromatic heterocycles. The topological polar surface area (TPSA) is 6.25 Å². The third kappa shape index (κ3) is 2.11. The van der Waals surface area contributed by atoms with E-state index in [9.17, 15) is 0 Å². The summed E-state index contributed by atoms with van der Waals surface area (Å²) in [7, 11) is 4.02. The maximum absolute atomic E-state index is 5.94. The van der Waals surface area contributed by atoms with E-state index in [2.05, 4.69) is 11.1 Å². The fourth-order valence-electron chi connectivity index (χ4n) is 0.969. The SMILES string of the molecule is CN1CCC=[N+](C)C1Cl.[Cl-]. The average Bonchev–Trinajstić information content (AvgIpc) is 1.83. The minimum atomic E-state index is 0. The molecule has 0 fully saturated rings. The monoisotopic (exact) mass is 182 g/mol. The van der Waals surface area contributed by atoms with Crippen molar-refractivity contribution in [2.24, 2.45) is 0 Å². The summed E-state index contributed by atoms with van der Waals surface area (Å²) in [4.78, 5) is 2.11. The van der Waals surface area contributed by atoms with Gasteiger partial charge < -0.3 is 12.4 Å². The molecule has 0 aromatic carbocycles. The van der Waals surface area contributed by atoms with Gasteiger partial charge in [0.1, 0.15) is 13.3 Å². The van der Waals surface area contributed by atoms with Gasteiger partial charge in [0.25, 0.3) is 5.62 Å². The summed E-state index contributed by atoms with van der Waals surface area (Å²) < 4.78 is 2.02. The molecule has 1 aliphatic heterocycles. The molecule has 2 nitrogen and oxygen atoms in total. The lowest BCUT2D eigenvalue weighted by Gasteiger charge is -2.21. The lowest BCUT2D eigenvalue weighted by molar-refractivity contribution is -0.540. The van der Waals surface area contributed by atoms with E-state index in [1.165, 1.54) is 0 Å². The Morgan fingerprint density at radius 1 is 1.70 bits per heavy atom. The minimum absolute atomic E-state index is 0. The normalized spacial score (nSPS) is 27.1. The van der Waals surface area contributed by atoms with E-state index in [1.54, 1.807) is 0 Å². The Bertz CT molecular complexity index is 136. The number of rotatable bonds is 0. The van der Waals surface area contributed by atoms with Gasteiger partial charge in [-0.2, -0.15) is 0 Å². The summed E-state index contributed by atoms with van der Waals surface area (Å²) in [6.45, 7) is 1.07. The molecular weight excluding hydrogens is 171 g/mol. The third-order valence-electron chi connectivity index (χ3n) is 1.60. The van der Waals surface area contributed by atoms with Crippen LogP contribution in [0.4, 0.5) is 0 Å². The van der Waals surface area contributed by atoms with Crippen LogP contribution in [0.25, 0.3) is 0 Å². The van der Waals surface area contributed by atoms with Gasteiger partial charge >= 0.3 is 0 Å². The third-order valence-corrected chi connectivity index (χ3v) is 2.24.